The molecule has 0 rings (SSSR count). The van der Waals surface area contributed by atoms with E-state index in [1.165, 1.54) is 12.2 Å². The standard InChI is InChI=1S/C11H17NO3/c1-3-5-6-7-8-15-11(14)10(4-2)12-9-13/h4H,3,5-8H2,1-2H3. The Hall–Kier alpha value is -1.41. The molecule has 0 spiro atoms. The molecular formula is C11H17NO3. The molecule has 0 N–H and O–H groups in total. The molecule has 0 heterocycles. The maximum Gasteiger partial charge on any atom is 0.357 e. The Morgan fingerprint density at radius 1 is 1.40 bits per heavy atom. The minimum Gasteiger partial charge on any atom is -0.461 e. The normalized spacial score (nSPS) is 10.7. The van der Waals surface area contributed by atoms with Gasteiger partial charge in [-0.2, -0.15) is 4.99 Å². The molecule has 0 radical (unpaired) electrons. The Bertz CT molecular complexity index is 265. The Morgan fingerprint density at radius 2 is 2.13 bits per heavy atom. The van der Waals surface area contributed by atoms with E-state index < -0.39 is 5.97 Å². The summed E-state index contributed by atoms with van der Waals surface area (Å²) in [4.78, 5) is 24.4. The topological polar surface area (TPSA) is 55.7 Å². The maximum absolute atomic E-state index is 11.2. The van der Waals surface area contributed by atoms with E-state index in [9.17, 15) is 9.59 Å². The van der Waals surface area contributed by atoms with Crippen LogP contribution in [0, 0.1) is 0 Å². The number of esters is 1. The number of rotatable bonds is 7. The predicted molar refractivity (Wildman–Crippen MR) is 57.0 cm³/mol. The second-order valence-corrected chi connectivity index (χ2v) is 3.07. The van der Waals surface area contributed by atoms with Crippen LogP contribution in [0.5, 0.6) is 0 Å². The van der Waals surface area contributed by atoms with E-state index in [1.807, 2.05) is 0 Å². The van der Waals surface area contributed by atoms with Crippen molar-refractivity contribution in [3.8, 4) is 0 Å². The summed E-state index contributed by atoms with van der Waals surface area (Å²) in [5.74, 6) is -0.558. The van der Waals surface area contributed by atoms with Gasteiger partial charge in [0.1, 0.15) is 0 Å². The number of carbonyl (C=O) groups is 1. The number of aliphatic imine (C=N–C) groups is 1. The Kier molecular flexibility index (Phi) is 8.30. The molecule has 15 heavy (non-hydrogen) atoms. The van der Waals surface area contributed by atoms with Crippen molar-refractivity contribution in [2.45, 2.75) is 39.5 Å². The lowest BCUT2D eigenvalue weighted by atomic mass is 10.2. The second kappa shape index (κ2) is 9.16. The van der Waals surface area contributed by atoms with Gasteiger partial charge in [-0.3, -0.25) is 0 Å². The highest BCUT2D eigenvalue weighted by atomic mass is 16.5. The van der Waals surface area contributed by atoms with Crippen LogP contribution in [0.2, 0.25) is 0 Å². The van der Waals surface area contributed by atoms with Crippen LogP contribution in [0.4, 0.5) is 0 Å². The molecule has 0 saturated carbocycles. The van der Waals surface area contributed by atoms with Gasteiger partial charge in [-0.05, 0) is 13.3 Å². The molecule has 0 amide bonds. The third kappa shape index (κ3) is 6.63. The molecule has 4 heteroatoms. The maximum atomic E-state index is 11.2. The molecule has 0 aromatic heterocycles. The van der Waals surface area contributed by atoms with Crippen LogP contribution in [0.3, 0.4) is 0 Å². The van der Waals surface area contributed by atoms with E-state index in [1.54, 1.807) is 6.92 Å². The van der Waals surface area contributed by atoms with Crippen molar-refractivity contribution in [1.29, 1.82) is 0 Å². The Labute approximate surface area is 90.0 Å². The van der Waals surface area contributed by atoms with Crippen molar-refractivity contribution in [2.75, 3.05) is 6.61 Å². The highest BCUT2D eigenvalue weighted by Gasteiger charge is 2.07. The first-order chi connectivity index (χ1) is 7.26. The quantitative estimate of drug-likeness (QED) is 0.213. The summed E-state index contributed by atoms with van der Waals surface area (Å²) < 4.78 is 4.91. The number of carbonyl (C=O) groups excluding carboxylic acids is 2. The highest BCUT2D eigenvalue weighted by Crippen LogP contribution is 2.02. The highest BCUT2D eigenvalue weighted by molar-refractivity contribution is 5.88. The summed E-state index contributed by atoms with van der Waals surface area (Å²) in [6, 6.07) is 0. The van der Waals surface area contributed by atoms with Crippen molar-refractivity contribution >= 4 is 12.0 Å². The lowest BCUT2D eigenvalue weighted by molar-refractivity contribution is -0.139. The van der Waals surface area contributed by atoms with Gasteiger partial charge in [0.25, 0.3) is 0 Å². The fraction of sp³-hybridized carbons (Fsp3) is 0.636. The van der Waals surface area contributed by atoms with Crippen molar-refractivity contribution in [1.82, 2.24) is 0 Å². The lowest BCUT2D eigenvalue weighted by Crippen LogP contribution is -2.07. The van der Waals surface area contributed by atoms with Gasteiger partial charge in [0, 0.05) is 0 Å². The summed E-state index contributed by atoms with van der Waals surface area (Å²) in [5.41, 5.74) is 0.0143. The Morgan fingerprint density at radius 3 is 2.67 bits per heavy atom. The fourth-order valence-corrected chi connectivity index (χ4v) is 1.04. The molecule has 0 aromatic carbocycles. The molecule has 0 bridgehead atoms. The van der Waals surface area contributed by atoms with E-state index >= 15 is 0 Å². The average molecular weight is 211 g/mol. The zero-order chi connectivity index (χ0) is 11.5. The largest absolute Gasteiger partial charge is 0.461 e. The van der Waals surface area contributed by atoms with Gasteiger partial charge in [0.15, 0.2) is 5.70 Å². The lowest BCUT2D eigenvalue weighted by Gasteiger charge is -2.03. The molecule has 0 fully saturated rings. The molecular weight excluding hydrogens is 194 g/mol. The van der Waals surface area contributed by atoms with Gasteiger partial charge in [-0.15, -0.1) is 0 Å². The third-order valence-electron chi connectivity index (χ3n) is 1.88. The monoisotopic (exact) mass is 211 g/mol. The van der Waals surface area contributed by atoms with Gasteiger partial charge in [0.2, 0.25) is 6.08 Å². The number of hydrogen-bond donors (Lipinski definition) is 0. The van der Waals surface area contributed by atoms with Crippen LogP contribution in [-0.2, 0) is 14.3 Å². The van der Waals surface area contributed by atoms with Crippen LogP contribution in [-0.4, -0.2) is 18.7 Å². The minimum atomic E-state index is -0.558. The summed E-state index contributed by atoms with van der Waals surface area (Å²) >= 11 is 0. The number of isocyanates is 1. The number of ether oxygens (including phenoxy) is 1. The molecule has 0 aromatic rings. The van der Waals surface area contributed by atoms with Crippen LogP contribution < -0.4 is 0 Å². The molecule has 0 saturated heterocycles. The first-order valence-electron chi connectivity index (χ1n) is 5.17. The molecule has 0 aliphatic heterocycles. The summed E-state index contributed by atoms with van der Waals surface area (Å²) in [6.45, 7) is 4.11. The predicted octanol–water partition coefficient (Wildman–Crippen LogP) is 2.35. The smallest absolute Gasteiger partial charge is 0.357 e. The Balaban J connectivity index is 3.78. The molecule has 84 valence electrons. The number of allylic oxidation sites excluding steroid dienone is 1. The van der Waals surface area contributed by atoms with E-state index in [0.29, 0.717) is 6.61 Å². The summed E-state index contributed by atoms with van der Waals surface area (Å²) in [6.07, 6.45) is 6.92. The summed E-state index contributed by atoms with van der Waals surface area (Å²) in [7, 11) is 0. The van der Waals surface area contributed by atoms with Gasteiger partial charge in [-0.1, -0.05) is 32.3 Å². The van der Waals surface area contributed by atoms with Crippen molar-refractivity contribution in [3.05, 3.63) is 11.8 Å². The van der Waals surface area contributed by atoms with E-state index in [0.717, 1.165) is 25.7 Å². The molecule has 0 atom stereocenters. The first kappa shape index (κ1) is 13.6. The van der Waals surface area contributed by atoms with E-state index in [4.69, 9.17) is 4.74 Å². The zero-order valence-electron chi connectivity index (χ0n) is 9.28. The number of nitrogens with zero attached hydrogens (tertiary/aromatic N) is 1. The van der Waals surface area contributed by atoms with Crippen LogP contribution in [0.15, 0.2) is 16.8 Å². The van der Waals surface area contributed by atoms with Crippen molar-refractivity contribution in [3.63, 3.8) is 0 Å². The van der Waals surface area contributed by atoms with Crippen molar-refractivity contribution in [2.24, 2.45) is 4.99 Å². The second-order valence-electron chi connectivity index (χ2n) is 3.07. The minimum absolute atomic E-state index is 0.0143. The van der Waals surface area contributed by atoms with Gasteiger partial charge in [-0.25, -0.2) is 9.59 Å². The molecule has 4 nitrogen and oxygen atoms in total. The SMILES string of the molecule is CC=C(N=C=O)C(=O)OCCCCCC. The van der Waals surface area contributed by atoms with Crippen molar-refractivity contribution < 1.29 is 14.3 Å². The fourth-order valence-electron chi connectivity index (χ4n) is 1.04. The van der Waals surface area contributed by atoms with Gasteiger partial charge >= 0.3 is 5.97 Å². The van der Waals surface area contributed by atoms with E-state index in [-0.39, 0.29) is 5.70 Å². The van der Waals surface area contributed by atoms with Crippen LogP contribution in [0.25, 0.3) is 0 Å². The van der Waals surface area contributed by atoms with E-state index in [2.05, 4.69) is 11.9 Å². The zero-order valence-corrected chi connectivity index (χ0v) is 9.28. The van der Waals surface area contributed by atoms with Crippen LogP contribution in [0.1, 0.15) is 39.5 Å². The third-order valence-corrected chi connectivity index (χ3v) is 1.88. The average Bonchev–Trinajstić information content (AvgIpc) is 2.25. The first-order valence-corrected chi connectivity index (χ1v) is 5.17. The molecule has 0 aliphatic rings. The number of hydrogen-bond acceptors (Lipinski definition) is 4. The van der Waals surface area contributed by atoms with Gasteiger partial charge in [0.05, 0.1) is 6.61 Å². The summed E-state index contributed by atoms with van der Waals surface area (Å²) in [5, 5.41) is 0. The van der Waals surface area contributed by atoms with Gasteiger partial charge < -0.3 is 4.74 Å². The molecule has 0 aliphatic carbocycles. The molecule has 0 unspecified atom stereocenters. The van der Waals surface area contributed by atoms with Crippen LogP contribution >= 0.6 is 0 Å². The number of unbranched alkanes of at least 4 members (excludes halogenated alkanes) is 3.